The first kappa shape index (κ1) is 23.4. The van der Waals surface area contributed by atoms with Crippen molar-refractivity contribution in [2.24, 2.45) is 0 Å². The van der Waals surface area contributed by atoms with Crippen LogP contribution in [0.5, 0.6) is 0 Å². The highest BCUT2D eigenvalue weighted by Crippen LogP contribution is 2.37. The van der Waals surface area contributed by atoms with Crippen molar-refractivity contribution in [3.63, 3.8) is 0 Å². The minimum Gasteiger partial charge on any atom is -0.319 e. The lowest BCUT2D eigenvalue weighted by atomic mass is 10.0. The van der Waals surface area contributed by atoms with E-state index < -0.39 is 0 Å². The molecule has 0 radical (unpaired) electrons. The van der Waals surface area contributed by atoms with Crippen molar-refractivity contribution in [3.05, 3.63) is 47.7 Å². The summed E-state index contributed by atoms with van der Waals surface area (Å²) >= 11 is 0. The van der Waals surface area contributed by atoms with E-state index in [4.69, 9.17) is 0 Å². The normalized spacial score (nSPS) is 18.5. The summed E-state index contributed by atoms with van der Waals surface area (Å²) in [5.74, 6) is 0.224. The summed E-state index contributed by atoms with van der Waals surface area (Å²) in [7, 11) is 0. The maximum atomic E-state index is 13.9. The fourth-order valence-electron chi connectivity index (χ4n) is 4.91. The lowest BCUT2D eigenvalue weighted by Crippen LogP contribution is -2.50. The van der Waals surface area contributed by atoms with Crippen molar-refractivity contribution in [3.8, 4) is 0 Å². The van der Waals surface area contributed by atoms with Crippen molar-refractivity contribution in [1.82, 2.24) is 14.8 Å². The molecule has 7 nitrogen and oxygen atoms in total. The Morgan fingerprint density at radius 1 is 1.18 bits per heavy atom. The average molecular weight is 450 g/mol. The second-order valence-electron chi connectivity index (χ2n) is 8.87. The molecule has 1 N–H and O–H groups in total. The maximum absolute atomic E-state index is 13.9. The number of amides is 2. The van der Waals surface area contributed by atoms with Crippen molar-refractivity contribution in [1.29, 1.82) is 0 Å². The van der Waals surface area contributed by atoms with Gasteiger partial charge in [-0.25, -0.2) is 4.98 Å². The van der Waals surface area contributed by atoms with Crippen LogP contribution in [0.25, 0.3) is 0 Å². The number of hydrogen-bond acceptors (Lipinski definition) is 5. The quantitative estimate of drug-likeness (QED) is 0.690. The Bertz CT molecular complexity index is 1000. The van der Waals surface area contributed by atoms with E-state index in [0.29, 0.717) is 35.3 Å². The molecule has 7 heteroatoms. The SMILES string of the molecule is CCc1ccc2c(c1)C(=O)Nc1cccnc1N2C(=O)CN1CCCCC1CN(CC)CC. The van der Waals surface area contributed by atoms with Crippen molar-refractivity contribution in [2.75, 3.05) is 42.9 Å². The summed E-state index contributed by atoms with van der Waals surface area (Å²) in [6.45, 7) is 10.7. The molecule has 1 unspecified atom stereocenters. The number of rotatable bonds is 7. The number of carbonyl (C=O) groups excluding carboxylic acids is 2. The van der Waals surface area contributed by atoms with E-state index >= 15 is 0 Å². The minimum atomic E-state index is -0.206. The van der Waals surface area contributed by atoms with Crippen LogP contribution in [0.4, 0.5) is 17.2 Å². The molecule has 0 aliphatic carbocycles. The molecule has 1 aromatic heterocycles. The topological polar surface area (TPSA) is 68.8 Å². The van der Waals surface area contributed by atoms with E-state index in [0.717, 1.165) is 51.0 Å². The Morgan fingerprint density at radius 3 is 2.76 bits per heavy atom. The molecule has 1 aromatic carbocycles. The zero-order valence-corrected chi connectivity index (χ0v) is 20.0. The van der Waals surface area contributed by atoms with Gasteiger partial charge in [0.2, 0.25) is 5.91 Å². The van der Waals surface area contributed by atoms with Crippen molar-refractivity contribution < 1.29 is 9.59 Å². The molecule has 0 bridgehead atoms. The molecule has 176 valence electrons. The zero-order chi connectivity index (χ0) is 23.4. The van der Waals surface area contributed by atoms with Crippen LogP contribution in [0.3, 0.4) is 0 Å². The van der Waals surface area contributed by atoms with E-state index in [9.17, 15) is 9.59 Å². The molecule has 3 heterocycles. The highest BCUT2D eigenvalue weighted by Gasteiger charge is 2.33. The van der Waals surface area contributed by atoms with Gasteiger partial charge in [-0.05, 0) is 68.7 Å². The standard InChI is InChI=1S/C26H35N5O2/c1-4-19-12-13-23-21(16-19)26(33)28-22-11-9-14-27-25(22)31(23)24(32)18-30-15-8-7-10-20(30)17-29(5-2)6-3/h9,11-14,16,20H,4-8,10,15,17-18H2,1-3H3,(H,28,33). The maximum Gasteiger partial charge on any atom is 0.257 e. The van der Waals surface area contributed by atoms with Gasteiger partial charge in [0.25, 0.3) is 5.91 Å². The monoisotopic (exact) mass is 449 g/mol. The average Bonchev–Trinajstić information content (AvgIpc) is 2.96. The highest BCUT2D eigenvalue weighted by molar-refractivity contribution is 6.17. The van der Waals surface area contributed by atoms with Gasteiger partial charge in [-0.15, -0.1) is 0 Å². The molecule has 0 saturated carbocycles. The lowest BCUT2D eigenvalue weighted by molar-refractivity contribution is -0.120. The summed E-state index contributed by atoms with van der Waals surface area (Å²) in [5.41, 5.74) is 2.73. The molecule has 2 aliphatic rings. The number of likely N-dealkylation sites (tertiary alicyclic amines) is 1. The number of aromatic nitrogens is 1. The van der Waals surface area contributed by atoms with Crippen molar-refractivity contribution in [2.45, 2.75) is 52.5 Å². The van der Waals surface area contributed by atoms with Gasteiger partial charge in [0.1, 0.15) is 0 Å². The Morgan fingerprint density at radius 2 is 2.00 bits per heavy atom. The molecule has 1 saturated heterocycles. The van der Waals surface area contributed by atoms with Gasteiger partial charge in [-0.2, -0.15) is 0 Å². The summed E-state index contributed by atoms with van der Waals surface area (Å²) < 4.78 is 0. The summed E-state index contributed by atoms with van der Waals surface area (Å²) in [6.07, 6.45) is 5.90. The largest absolute Gasteiger partial charge is 0.319 e. The van der Waals surface area contributed by atoms with Crippen LogP contribution in [-0.4, -0.2) is 65.4 Å². The molecule has 2 aliphatic heterocycles. The first-order chi connectivity index (χ1) is 16.0. The second kappa shape index (κ2) is 10.4. The molecule has 1 atom stereocenters. The smallest absolute Gasteiger partial charge is 0.257 e. The van der Waals surface area contributed by atoms with Gasteiger partial charge in [-0.1, -0.05) is 33.3 Å². The Kier molecular flexibility index (Phi) is 7.40. The lowest BCUT2D eigenvalue weighted by Gasteiger charge is -2.38. The van der Waals surface area contributed by atoms with Crippen LogP contribution in [0.2, 0.25) is 0 Å². The first-order valence-corrected chi connectivity index (χ1v) is 12.2. The number of aryl methyl sites for hydroxylation is 1. The van der Waals surface area contributed by atoms with Gasteiger partial charge in [0.15, 0.2) is 5.82 Å². The number of pyridine rings is 1. The molecule has 4 rings (SSSR count). The third kappa shape index (κ3) is 4.94. The summed E-state index contributed by atoms with van der Waals surface area (Å²) in [6, 6.07) is 9.71. The molecular formula is C26H35N5O2. The van der Waals surface area contributed by atoms with E-state index in [-0.39, 0.29) is 11.8 Å². The number of carbonyl (C=O) groups is 2. The van der Waals surface area contributed by atoms with Crippen LogP contribution in [-0.2, 0) is 11.2 Å². The van der Waals surface area contributed by atoms with Crippen molar-refractivity contribution >= 4 is 29.0 Å². The Labute approximate surface area is 196 Å². The number of nitrogens with zero attached hydrogens (tertiary/aromatic N) is 4. The van der Waals surface area contributed by atoms with Gasteiger partial charge < -0.3 is 10.2 Å². The summed E-state index contributed by atoms with van der Waals surface area (Å²) in [4.78, 5) is 37.8. The third-order valence-electron chi connectivity index (χ3n) is 6.90. The number of likely N-dealkylation sites (N-methyl/N-ethyl adjacent to an activating group) is 1. The van der Waals surface area contributed by atoms with E-state index in [2.05, 4.69) is 40.9 Å². The predicted octanol–water partition coefficient (Wildman–Crippen LogP) is 4.07. The molecule has 0 spiro atoms. The van der Waals surface area contributed by atoms with Crippen LogP contribution in [0, 0.1) is 0 Å². The van der Waals surface area contributed by atoms with Gasteiger partial charge >= 0.3 is 0 Å². The molecule has 33 heavy (non-hydrogen) atoms. The number of hydrogen-bond donors (Lipinski definition) is 1. The first-order valence-electron chi connectivity index (χ1n) is 12.2. The van der Waals surface area contributed by atoms with E-state index in [1.54, 1.807) is 23.2 Å². The predicted molar refractivity (Wildman–Crippen MR) is 132 cm³/mol. The highest BCUT2D eigenvalue weighted by atomic mass is 16.2. The minimum absolute atomic E-state index is 0.0524. The fourth-order valence-corrected chi connectivity index (χ4v) is 4.91. The van der Waals surface area contributed by atoms with Gasteiger partial charge in [-0.3, -0.25) is 19.4 Å². The number of nitrogens with one attached hydrogen (secondary N) is 1. The number of fused-ring (bicyclic) bond motifs is 2. The van der Waals surface area contributed by atoms with Gasteiger partial charge in [0, 0.05) is 18.8 Å². The zero-order valence-electron chi connectivity index (χ0n) is 20.0. The van der Waals surface area contributed by atoms with Crippen LogP contribution < -0.4 is 10.2 Å². The van der Waals surface area contributed by atoms with E-state index in [1.807, 2.05) is 18.2 Å². The number of piperidine rings is 1. The Hall–Kier alpha value is -2.77. The molecule has 1 fully saturated rings. The van der Waals surface area contributed by atoms with Crippen LogP contribution >= 0.6 is 0 Å². The molecule has 2 aromatic rings. The fraction of sp³-hybridized carbons (Fsp3) is 0.500. The third-order valence-corrected chi connectivity index (χ3v) is 6.90. The summed E-state index contributed by atoms with van der Waals surface area (Å²) in [5, 5.41) is 2.95. The molecular weight excluding hydrogens is 414 g/mol. The molecule has 2 amide bonds. The van der Waals surface area contributed by atoms with E-state index in [1.165, 1.54) is 6.42 Å². The van der Waals surface area contributed by atoms with Crippen LogP contribution in [0.15, 0.2) is 36.5 Å². The number of anilines is 3. The van der Waals surface area contributed by atoms with Crippen LogP contribution in [0.1, 0.15) is 56.0 Å². The van der Waals surface area contributed by atoms with Gasteiger partial charge in [0.05, 0.1) is 23.5 Å². The Balaban J connectivity index is 1.67. The number of benzene rings is 1. The second-order valence-corrected chi connectivity index (χ2v) is 8.87.